The number of anilines is 1. The number of carbonyl (C=O) groups excluding carboxylic acids is 1. The van der Waals surface area contributed by atoms with E-state index in [0.717, 1.165) is 11.3 Å². The molecule has 0 bridgehead atoms. The van der Waals surface area contributed by atoms with Crippen LogP contribution in [0.5, 0.6) is 0 Å². The number of hydrogen-bond acceptors (Lipinski definition) is 5. The lowest BCUT2D eigenvalue weighted by molar-refractivity contribution is -0.119. The minimum absolute atomic E-state index is 0.206. The van der Waals surface area contributed by atoms with E-state index in [1.807, 2.05) is 29.2 Å². The number of nitrogens with zero attached hydrogens (tertiary/aromatic N) is 1. The van der Waals surface area contributed by atoms with Crippen molar-refractivity contribution in [2.24, 2.45) is 5.73 Å². The van der Waals surface area contributed by atoms with Crippen LogP contribution in [0.2, 0.25) is 0 Å². The molecule has 4 N–H and O–H groups in total. The summed E-state index contributed by atoms with van der Waals surface area (Å²) in [6.07, 6.45) is 0. The van der Waals surface area contributed by atoms with Crippen LogP contribution < -0.4 is 11.5 Å². The van der Waals surface area contributed by atoms with Crippen LogP contribution in [0.4, 0.5) is 5.69 Å². The van der Waals surface area contributed by atoms with Crippen molar-refractivity contribution in [3.63, 3.8) is 0 Å². The van der Waals surface area contributed by atoms with E-state index < -0.39 is 0 Å². The van der Waals surface area contributed by atoms with Gasteiger partial charge in [-0.05, 0) is 17.7 Å². The zero-order valence-corrected chi connectivity index (χ0v) is 11.9. The van der Waals surface area contributed by atoms with Crippen LogP contribution in [0.1, 0.15) is 5.56 Å². The molecule has 1 aromatic carbocycles. The van der Waals surface area contributed by atoms with Gasteiger partial charge in [-0.1, -0.05) is 12.1 Å². The van der Waals surface area contributed by atoms with E-state index in [4.69, 9.17) is 20.9 Å². The Bertz CT molecular complexity index is 395. The Balaban J connectivity index is 2.42. The Morgan fingerprint density at radius 1 is 1.20 bits per heavy atom. The van der Waals surface area contributed by atoms with Gasteiger partial charge >= 0.3 is 0 Å². The van der Waals surface area contributed by atoms with Crippen LogP contribution in [0, 0.1) is 0 Å². The number of benzene rings is 1. The molecule has 1 rings (SSSR count). The second-order valence-corrected chi connectivity index (χ2v) is 4.52. The molecule has 20 heavy (non-hydrogen) atoms. The van der Waals surface area contributed by atoms with Crippen LogP contribution in [0.15, 0.2) is 24.3 Å². The van der Waals surface area contributed by atoms with E-state index >= 15 is 0 Å². The van der Waals surface area contributed by atoms with Gasteiger partial charge in [-0.2, -0.15) is 0 Å². The van der Waals surface area contributed by atoms with Gasteiger partial charge in [-0.15, -0.1) is 0 Å². The molecule has 0 heterocycles. The Kier molecular flexibility index (Phi) is 7.64. The van der Waals surface area contributed by atoms with Crippen LogP contribution >= 0.6 is 0 Å². The SMILES string of the molecule is COCCOCCN(CC(N)=O)Cc1ccc(N)cc1. The Hall–Kier alpha value is -1.63. The molecular weight excluding hydrogens is 258 g/mol. The number of rotatable bonds is 10. The molecule has 0 radical (unpaired) electrons. The van der Waals surface area contributed by atoms with Gasteiger partial charge in [-0.25, -0.2) is 0 Å². The highest BCUT2D eigenvalue weighted by atomic mass is 16.5. The Morgan fingerprint density at radius 2 is 1.90 bits per heavy atom. The number of primary amides is 1. The standard InChI is InChI=1S/C14H23N3O3/c1-19-8-9-20-7-6-17(11-14(16)18)10-12-2-4-13(15)5-3-12/h2-5H,6-11,15H2,1H3,(H2,16,18). The largest absolute Gasteiger partial charge is 0.399 e. The monoisotopic (exact) mass is 281 g/mol. The quantitative estimate of drug-likeness (QED) is 0.473. The summed E-state index contributed by atoms with van der Waals surface area (Å²) in [5, 5.41) is 0. The van der Waals surface area contributed by atoms with E-state index in [0.29, 0.717) is 32.9 Å². The molecule has 1 aromatic rings. The van der Waals surface area contributed by atoms with Gasteiger partial charge < -0.3 is 20.9 Å². The van der Waals surface area contributed by atoms with Crippen molar-refractivity contribution < 1.29 is 14.3 Å². The molecule has 0 atom stereocenters. The van der Waals surface area contributed by atoms with Crippen molar-refractivity contribution >= 4 is 11.6 Å². The van der Waals surface area contributed by atoms with Crippen LogP contribution in [0.25, 0.3) is 0 Å². The minimum Gasteiger partial charge on any atom is -0.399 e. The van der Waals surface area contributed by atoms with Gasteiger partial charge in [0.2, 0.25) is 5.91 Å². The maximum Gasteiger partial charge on any atom is 0.231 e. The van der Waals surface area contributed by atoms with Gasteiger partial charge in [-0.3, -0.25) is 9.69 Å². The summed E-state index contributed by atoms with van der Waals surface area (Å²) in [5.41, 5.74) is 12.7. The topological polar surface area (TPSA) is 90.8 Å². The summed E-state index contributed by atoms with van der Waals surface area (Å²) < 4.78 is 10.3. The molecule has 0 fully saturated rings. The molecular formula is C14H23N3O3. The molecule has 0 aliphatic rings. The third kappa shape index (κ3) is 7.08. The molecule has 0 aromatic heterocycles. The molecule has 0 saturated heterocycles. The minimum atomic E-state index is -0.350. The molecule has 0 aliphatic carbocycles. The average Bonchev–Trinajstić information content (AvgIpc) is 2.40. The Morgan fingerprint density at radius 3 is 2.50 bits per heavy atom. The van der Waals surface area contributed by atoms with E-state index in [1.165, 1.54) is 0 Å². The summed E-state index contributed by atoms with van der Waals surface area (Å²) in [4.78, 5) is 13.0. The van der Waals surface area contributed by atoms with Crippen LogP contribution in [-0.4, -0.2) is 50.8 Å². The van der Waals surface area contributed by atoms with Crippen molar-refractivity contribution in [3.05, 3.63) is 29.8 Å². The van der Waals surface area contributed by atoms with Crippen molar-refractivity contribution in [1.82, 2.24) is 4.90 Å². The van der Waals surface area contributed by atoms with Gasteiger partial charge in [0, 0.05) is 25.9 Å². The summed E-state index contributed by atoms with van der Waals surface area (Å²) in [5.74, 6) is -0.350. The lowest BCUT2D eigenvalue weighted by Gasteiger charge is -2.20. The fraction of sp³-hybridized carbons (Fsp3) is 0.500. The van der Waals surface area contributed by atoms with Crippen molar-refractivity contribution in [3.8, 4) is 0 Å². The van der Waals surface area contributed by atoms with Crippen LogP contribution in [0.3, 0.4) is 0 Å². The number of methoxy groups -OCH3 is 1. The summed E-state index contributed by atoms with van der Waals surface area (Å²) in [7, 11) is 1.63. The predicted molar refractivity (Wildman–Crippen MR) is 78.0 cm³/mol. The molecule has 0 aliphatic heterocycles. The van der Waals surface area contributed by atoms with Gasteiger partial charge in [0.05, 0.1) is 26.4 Å². The van der Waals surface area contributed by atoms with Crippen molar-refractivity contribution in [2.75, 3.05) is 45.8 Å². The lowest BCUT2D eigenvalue weighted by Crippen LogP contribution is -2.35. The van der Waals surface area contributed by atoms with E-state index in [-0.39, 0.29) is 12.5 Å². The number of hydrogen-bond donors (Lipinski definition) is 2. The maximum absolute atomic E-state index is 11.1. The average molecular weight is 281 g/mol. The van der Waals surface area contributed by atoms with Crippen molar-refractivity contribution in [2.45, 2.75) is 6.54 Å². The second kappa shape index (κ2) is 9.30. The third-order valence-corrected chi connectivity index (χ3v) is 2.75. The van der Waals surface area contributed by atoms with Crippen molar-refractivity contribution in [1.29, 1.82) is 0 Å². The lowest BCUT2D eigenvalue weighted by atomic mass is 10.2. The van der Waals surface area contributed by atoms with E-state index in [9.17, 15) is 4.79 Å². The predicted octanol–water partition coefficient (Wildman–Crippen LogP) is 0.219. The number of carbonyl (C=O) groups is 1. The fourth-order valence-electron chi connectivity index (χ4n) is 1.75. The number of amides is 1. The molecule has 1 amide bonds. The normalized spacial score (nSPS) is 10.9. The zero-order valence-electron chi connectivity index (χ0n) is 11.9. The molecule has 0 spiro atoms. The summed E-state index contributed by atoms with van der Waals surface area (Å²) in [6.45, 7) is 3.12. The highest BCUT2D eigenvalue weighted by Gasteiger charge is 2.09. The van der Waals surface area contributed by atoms with Crippen LogP contribution in [-0.2, 0) is 20.8 Å². The highest BCUT2D eigenvalue weighted by molar-refractivity contribution is 5.75. The van der Waals surface area contributed by atoms with Gasteiger partial charge in [0.1, 0.15) is 0 Å². The van der Waals surface area contributed by atoms with Gasteiger partial charge in [0.25, 0.3) is 0 Å². The Labute approximate surface area is 119 Å². The van der Waals surface area contributed by atoms with E-state index in [2.05, 4.69) is 0 Å². The number of ether oxygens (including phenoxy) is 2. The second-order valence-electron chi connectivity index (χ2n) is 4.52. The van der Waals surface area contributed by atoms with E-state index in [1.54, 1.807) is 7.11 Å². The summed E-state index contributed by atoms with van der Waals surface area (Å²) >= 11 is 0. The first-order valence-electron chi connectivity index (χ1n) is 6.53. The first-order valence-corrected chi connectivity index (χ1v) is 6.53. The first-order chi connectivity index (χ1) is 9.61. The molecule has 0 unspecified atom stereocenters. The summed E-state index contributed by atoms with van der Waals surface area (Å²) in [6, 6.07) is 7.56. The number of nitrogens with two attached hydrogens (primary N) is 2. The third-order valence-electron chi connectivity index (χ3n) is 2.75. The number of nitrogen functional groups attached to an aromatic ring is 1. The molecule has 0 saturated carbocycles. The fourth-order valence-corrected chi connectivity index (χ4v) is 1.75. The molecule has 6 heteroatoms. The zero-order chi connectivity index (χ0) is 14.8. The smallest absolute Gasteiger partial charge is 0.231 e. The molecule has 6 nitrogen and oxygen atoms in total. The highest BCUT2D eigenvalue weighted by Crippen LogP contribution is 2.08. The first kappa shape index (κ1) is 16.4. The van der Waals surface area contributed by atoms with Gasteiger partial charge in [0.15, 0.2) is 0 Å². The maximum atomic E-state index is 11.1. The molecule has 112 valence electrons.